The van der Waals surface area contributed by atoms with Crippen LogP contribution in [-0.4, -0.2) is 16.7 Å². The standard InChI is InChI=1S/C23H21FN2O2/c24-21-13-11-18(12-14-21)15-25-22(27)23(28)26(16-19-7-3-1-4-8-19)17-20-9-5-2-6-10-20/h1-14H,15-17H2,(H,25,27). The second-order valence-corrected chi connectivity index (χ2v) is 6.44. The van der Waals surface area contributed by atoms with Gasteiger partial charge >= 0.3 is 11.8 Å². The molecule has 5 heteroatoms. The Labute approximate surface area is 163 Å². The molecule has 0 aliphatic rings. The summed E-state index contributed by atoms with van der Waals surface area (Å²) < 4.78 is 13.0. The summed E-state index contributed by atoms with van der Waals surface area (Å²) in [5.74, 6) is -1.63. The van der Waals surface area contributed by atoms with E-state index >= 15 is 0 Å². The molecule has 3 aromatic rings. The van der Waals surface area contributed by atoms with Crippen LogP contribution >= 0.6 is 0 Å². The van der Waals surface area contributed by atoms with Gasteiger partial charge in [0.05, 0.1) is 0 Å². The highest BCUT2D eigenvalue weighted by Gasteiger charge is 2.22. The highest BCUT2D eigenvalue weighted by atomic mass is 19.1. The molecule has 4 nitrogen and oxygen atoms in total. The lowest BCUT2D eigenvalue weighted by Crippen LogP contribution is -2.42. The second-order valence-electron chi connectivity index (χ2n) is 6.44. The highest BCUT2D eigenvalue weighted by Crippen LogP contribution is 2.11. The molecule has 0 saturated carbocycles. The Morgan fingerprint density at radius 3 is 1.71 bits per heavy atom. The SMILES string of the molecule is O=C(NCc1ccc(F)cc1)C(=O)N(Cc1ccccc1)Cc1ccccc1. The third-order valence-electron chi connectivity index (χ3n) is 4.28. The van der Waals surface area contributed by atoms with Crippen molar-refractivity contribution in [3.63, 3.8) is 0 Å². The van der Waals surface area contributed by atoms with Crippen LogP contribution in [0.5, 0.6) is 0 Å². The normalized spacial score (nSPS) is 10.3. The number of amides is 2. The van der Waals surface area contributed by atoms with E-state index in [1.807, 2.05) is 60.7 Å². The Hall–Kier alpha value is -3.47. The van der Waals surface area contributed by atoms with Gasteiger partial charge in [-0.1, -0.05) is 72.8 Å². The van der Waals surface area contributed by atoms with E-state index in [1.54, 1.807) is 12.1 Å². The number of hydrogen-bond acceptors (Lipinski definition) is 2. The van der Waals surface area contributed by atoms with E-state index in [0.717, 1.165) is 16.7 Å². The fraction of sp³-hybridized carbons (Fsp3) is 0.130. The fourth-order valence-electron chi connectivity index (χ4n) is 2.81. The third kappa shape index (κ3) is 5.51. The average molecular weight is 376 g/mol. The van der Waals surface area contributed by atoms with Crippen molar-refractivity contribution >= 4 is 11.8 Å². The van der Waals surface area contributed by atoms with Crippen molar-refractivity contribution in [1.29, 1.82) is 0 Å². The quantitative estimate of drug-likeness (QED) is 0.668. The maximum atomic E-state index is 13.0. The molecule has 0 radical (unpaired) electrons. The molecular formula is C23H21FN2O2. The van der Waals surface area contributed by atoms with E-state index in [-0.39, 0.29) is 12.4 Å². The third-order valence-corrected chi connectivity index (χ3v) is 4.28. The molecule has 0 fully saturated rings. The molecule has 3 aromatic carbocycles. The molecule has 28 heavy (non-hydrogen) atoms. The van der Waals surface area contributed by atoms with Crippen LogP contribution in [0.25, 0.3) is 0 Å². The minimum Gasteiger partial charge on any atom is -0.344 e. The van der Waals surface area contributed by atoms with E-state index in [9.17, 15) is 14.0 Å². The molecule has 142 valence electrons. The van der Waals surface area contributed by atoms with Crippen LogP contribution in [0.15, 0.2) is 84.9 Å². The monoisotopic (exact) mass is 376 g/mol. The first-order valence-corrected chi connectivity index (χ1v) is 9.01. The van der Waals surface area contributed by atoms with Crippen LogP contribution in [0, 0.1) is 5.82 Å². The Bertz CT molecular complexity index is 871. The average Bonchev–Trinajstić information content (AvgIpc) is 2.73. The predicted molar refractivity (Wildman–Crippen MR) is 105 cm³/mol. The summed E-state index contributed by atoms with van der Waals surface area (Å²) >= 11 is 0. The van der Waals surface area contributed by atoms with Gasteiger partial charge in [-0.25, -0.2) is 4.39 Å². The minimum atomic E-state index is -0.684. The minimum absolute atomic E-state index is 0.162. The number of rotatable bonds is 6. The van der Waals surface area contributed by atoms with E-state index < -0.39 is 11.8 Å². The van der Waals surface area contributed by atoms with Gasteiger partial charge in [-0.05, 0) is 28.8 Å². The van der Waals surface area contributed by atoms with Crippen LogP contribution in [0.4, 0.5) is 4.39 Å². The Morgan fingerprint density at radius 1 is 0.714 bits per heavy atom. The number of carbonyl (C=O) groups is 2. The Kier molecular flexibility index (Phi) is 6.52. The number of benzene rings is 3. The van der Waals surface area contributed by atoms with Crippen molar-refractivity contribution in [2.45, 2.75) is 19.6 Å². The molecule has 0 bridgehead atoms. The van der Waals surface area contributed by atoms with Crippen molar-refractivity contribution in [1.82, 2.24) is 10.2 Å². The van der Waals surface area contributed by atoms with Gasteiger partial charge in [0.1, 0.15) is 5.82 Å². The summed E-state index contributed by atoms with van der Waals surface area (Å²) in [6.45, 7) is 0.826. The van der Waals surface area contributed by atoms with Gasteiger partial charge < -0.3 is 10.2 Å². The molecule has 1 N–H and O–H groups in total. The van der Waals surface area contributed by atoms with Crippen LogP contribution in [0.2, 0.25) is 0 Å². The topological polar surface area (TPSA) is 49.4 Å². The maximum Gasteiger partial charge on any atom is 0.312 e. The lowest BCUT2D eigenvalue weighted by Gasteiger charge is -2.22. The van der Waals surface area contributed by atoms with Crippen LogP contribution in [-0.2, 0) is 29.2 Å². The predicted octanol–water partition coefficient (Wildman–Crippen LogP) is 3.67. The molecule has 0 aromatic heterocycles. The second kappa shape index (κ2) is 9.46. The summed E-state index contributed by atoms with van der Waals surface area (Å²) in [4.78, 5) is 26.7. The molecule has 0 heterocycles. The molecule has 0 saturated heterocycles. The summed E-state index contributed by atoms with van der Waals surface area (Å²) in [6, 6.07) is 24.9. The number of nitrogens with zero attached hydrogens (tertiary/aromatic N) is 1. The first kappa shape index (κ1) is 19.3. The zero-order valence-corrected chi connectivity index (χ0v) is 15.3. The molecule has 0 spiro atoms. The van der Waals surface area contributed by atoms with E-state index in [2.05, 4.69) is 5.32 Å². The largest absolute Gasteiger partial charge is 0.344 e. The van der Waals surface area contributed by atoms with E-state index in [0.29, 0.717) is 13.1 Å². The van der Waals surface area contributed by atoms with E-state index in [4.69, 9.17) is 0 Å². The maximum absolute atomic E-state index is 13.0. The number of halogens is 1. The van der Waals surface area contributed by atoms with Crippen molar-refractivity contribution in [3.05, 3.63) is 107 Å². The van der Waals surface area contributed by atoms with Crippen LogP contribution < -0.4 is 5.32 Å². The number of carbonyl (C=O) groups excluding carboxylic acids is 2. The molecule has 3 rings (SSSR count). The van der Waals surface area contributed by atoms with Crippen molar-refractivity contribution in [2.24, 2.45) is 0 Å². The Balaban J connectivity index is 1.69. The van der Waals surface area contributed by atoms with Crippen LogP contribution in [0.1, 0.15) is 16.7 Å². The van der Waals surface area contributed by atoms with Crippen molar-refractivity contribution < 1.29 is 14.0 Å². The van der Waals surface area contributed by atoms with Gasteiger partial charge in [0.2, 0.25) is 0 Å². The summed E-state index contributed by atoms with van der Waals surface area (Å²) in [5, 5.41) is 2.62. The first-order chi connectivity index (χ1) is 13.6. The lowest BCUT2D eigenvalue weighted by molar-refractivity contribution is -0.146. The molecule has 0 aliphatic heterocycles. The highest BCUT2D eigenvalue weighted by molar-refractivity contribution is 6.34. The van der Waals surface area contributed by atoms with Crippen molar-refractivity contribution in [2.75, 3.05) is 0 Å². The van der Waals surface area contributed by atoms with Gasteiger partial charge in [0.25, 0.3) is 0 Å². The van der Waals surface area contributed by atoms with Gasteiger partial charge in [-0.2, -0.15) is 0 Å². The van der Waals surface area contributed by atoms with Crippen molar-refractivity contribution in [3.8, 4) is 0 Å². The summed E-state index contributed by atoms with van der Waals surface area (Å²) in [7, 11) is 0. The number of nitrogens with one attached hydrogen (secondary N) is 1. The number of hydrogen-bond donors (Lipinski definition) is 1. The summed E-state index contributed by atoms with van der Waals surface area (Å²) in [5.41, 5.74) is 2.61. The van der Waals surface area contributed by atoms with Gasteiger partial charge in [-0.15, -0.1) is 0 Å². The Morgan fingerprint density at radius 2 is 1.21 bits per heavy atom. The van der Waals surface area contributed by atoms with Gasteiger partial charge in [-0.3, -0.25) is 9.59 Å². The molecule has 0 unspecified atom stereocenters. The van der Waals surface area contributed by atoms with Gasteiger partial charge in [0, 0.05) is 19.6 Å². The molecular weight excluding hydrogens is 355 g/mol. The smallest absolute Gasteiger partial charge is 0.312 e. The van der Waals surface area contributed by atoms with Crippen LogP contribution in [0.3, 0.4) is 0 Å². The fourth-order valence-corrected chi connectivity index (χ4v) is 2.81. The molecule has 2 amide bonds. The first-order valence-electron chi connectivity index (χ1n) is 9.01. The summed E-state index contributed by atoms with van der Waals surface area (Å²) in [6.07, 6.45) is 0. The van der Waals surface area contributed by atoms with Gasteiger partial charge in [0.15, 0.2) is 0 Å². The lowest BCUT2D eigenvalue weighted by atomic mass is 10.1. The zero-order chi connectivity index (χ0) is 19.8. The molecule has 0 atom stereocenters. The zero-order valence-electron chi connectivity index (χ0n) is 15.3. The van der Waals surface area contributed by atoms with E-state index in [1.165, 1.54) is 17.0 Å². The molecule has 0 aliphatic carbocycles.